The predicted molar refractivity (Wildman–Crippen MR) is 116 cm³/mol. The molecule has 1 aromatic heterocycles. The highest BCUT2D eigenvalue weighted by molar-refractivity contribution is 5.98. The molecule has 32 heavy (non-hydrogen) atoms. The number of amides is 1. The van der Waals surface area contributed by atoms with E-state index in [-0.39, 0.29) is 29.8 Å². The molecule has 1 saturated heterocycles. The Hall–Kier alpha value is -3.44. The largest absolute Gasteiger partial charge is 0.489 e. The summed E-state index contributed by atoms with van der Waals surface area (Å²) in [6.45, 7) is 3.37. The van der Waals surface area contributed by atoms with Crippen LogP contribution in [0.1, 0.15) is 31.7 Å². The van der Waals surface area contributed by atoms with Crippen LogP contribution >= 0.6 is 0 Å². The second-order valence-corrected chi connectivity index (χ2v) is 7.87. The molecular weight excluding hydrogens is 410 g/mol. The lowest BCUT2D eigenvalue weighted by atomic mass is 10.0. The van der Waals surface area contributed by atoms with Crippen LogP contribution in [-0.2, 0) is 19.1 Å². The van der Waals surface area contributed by atoms with E-state index in [1.54, 1.807) is 31.3 Å². The molecule has 1 amide bonds. The first kappa shape index (κ1) is 21.8. The zero-order valence-electron chi connectivity index (χ0n) is 17.9. The molecular formula is C24H25N3O5. The maximum Gasteiger partial charge on any atom is 0.309 e. The van der Waals surface area contributed by atoms with E-state index in [4.69, 9.17) is 14.2 Å². The normalized spacial score (nSPS) is 20.1. The van der Waals surface area contributed by atoms with E-state index in [9.17, 15) is 14.9 Å². The number of aromatic nitrogens is 1. The first-order valence-electron chi connectivity index (χ1n) is 10.8. The molecule has 2 aromatic rings. The Bertz CT molecular complexity index is 1040. The van der Waals surface area contributed by atoms with Gasteiger partial charge in [0.1, 0.15) is 23.7 Å². The second kappa shape index (κ2) is 9.79. The van der Waals surface area contributed by atoms with Crippen molar-refractivity contribution in [2.24, 2.45) is 11.8 Å². The Morgan fingerprint density at radius 2 is 1.97 bits per heavy atom. The molecule has 2 atom stereocenters. The molecule has 4 rings (SSSR count). The standard InChI is InChI=1S/C24H25N3O5/c1-2-31-24(29)20-13-19(20)23(28)27-22-12-16(5-8-26-22)15-3-4-21(17(11-15)14-25)32-18-6-9-30-10-7-18/h3-5,8,11-12,18-20H,2,6-7,9-10,13H2,1H3,(H,26,27,28)/t19-,20-/m1/s1. The number of anilines is 1. The van der Waals surface area contributed by atoms with Gasteiger partial charge in [-0.05, 0) is 48.7 Å². The van der Waals surface area contributed by atoms with Crippen molar-refractivity contribution < 1.29 is 23.8 Å². The van der Waals surface area contributed by atoms with Crippen LogP contribution in [0.15, 0.2) is 36.5 Å². The van der Waals surface area contributed by atoms with Gasteiger partial charge < -0.3 is 19.5 Å². The number of esters is 1. The average Bonchev–Trinajstić information content (AvgIpc) is 3.62. The fourth-order valence-electron chi connectivity index (χ4n) is 3.76. The fourth-order valence-corrected chi connectivity index (χ4v) is 3.76. The van der Waals surface area contributed by atoms with Gasteiger partial charge in [-0.1, -0.05) is 6.07 Å². The molecule has 166 valence electrons. The topological polar surface area (TPSA) is 111 Å². The number of ether oxygens (including phenoxy) is 3. The Morgan fingerprint density at radius 1 is 1.19 bits per heavy atom. The van der Waals surface area contributed by atoms with Crippen LogP contribution in [0.3, 0.4) is 0 Å². The molecule has 0 radical (unpaired) electrons. The summed E-state index contributed by atoms with van der Waals surface area (Å²) < 4.78 is 16.3. The molecule has 8 nitrogen and oxygen atoms in total. The maximum atomic E-state index is 12.4. The summed E-state index contributed by atoms with van der Waals surface area (Å²) in [5.41, 5.74) is 2.07. The minimum atomic E-state index is -0.383. The number of rotatable bonds is 7. The molecule has 1 N–H and O–H groups in total. The number of nitrogens with one attached hydrogen (secondary N) is 1. The van der Waals surface area contributed by atoms with Crippen molar-refractivity contribution in [2.45, 2.75) is 32.3 Å². The van der Waals surface area contributed by atoms with Gasteiger partial charge in [0.2, 0.25) is 5.91 Å². The van der Waals surface area contributed by atoms with Crippen molar-refractivity contribution in [2.75, 3.05) is 25.1 Å². The van der Waals surface area contributed by atoms with Gasteiger partial charge in [-0.25, -0.2) is 4.98 Å². The second-order valence-electron chi connectivity index (χ2n) is 7.87. The lowest BCUT2D eigenvalue weighted by Crippen LogP contribution is -2.26. The van der Waals surface area contributed by atoms with Crippen LogP contribution in [0.2, 0.25) is 0 Å². The molecule has 0 bridgehead atoms. The van der Waals surface area contributed by atoms with E-state index < -0.39 is 0 Å². The summed E-state index contributed by atoms with van der Waals surface area (Å²) in [7, 11) is 0. The lowest BCUT2D eigenvalue weighted by Gasteiger charge is -2.23. The minimum absolute atomic E-state index is 0.0466. The highest BCUT2D eigenvalue weighted by atomic mass is 16.5. The highest BCUT2D eigenvalue weighted by Gasteiger charge is 2.49. The molecule has 2 aliphatic rings. The SMILES string of the molecule is CCOC(=O)[C@@H]1C[C@H]1C(=O)Nc1cc(-c2ccc(OC3CCOCC3)c(C#N)c2)ccn1. The zero-order valence-corrected chi connectivity index (χ0v) is 17.9. The van der Waals surface area contributed by atoms with Crippen molar-refractivity contribution in [3.8, 4) is 22.9 Å². The monoisotopic (exact) mass is 435 g/mol. The number of carbonyl (C=O) groups is 2. The van der Waals surface area contributed by atoms with Crippen molar-refractivity contribution in [3.63, 3.8) is 0 Å². The molecule has 1 aliphatic carbocycles. The maximum absolute atomic E-state index is 12.4. The number of benzene rings is 1. The van der Waals surface area contributed by atoms with E-state index in [2.05, 4.69) is 16.4 Å². The molecule has 8 heteroatoms. The number of carbonyl (C=O) groups excluding carboxylic acids is 2. The first-order valence-corrected chi connectivity index (χ1v) is 10.8. The summed E-state index contributed by atoms with van der Waals surface area (Å²) in [5.74, 6) is -0.384. The van der Waals surface area contributed by atoms with Crippen LogP contribution in [0, 0.1) is 23.2 Å². The first-order chi connectivity index (χ1) is 15.6. The number of hydrogen-bond acceptors (Lipinski definition) is 7. The fraction of sp³-hybridized carbons (Fsp3) is 0.417. The summed E-state index contributed by atoms with van der Waals surface area (Å²) >= 11 is 0. The van der Waals surface area contributed by atoms with E-state index in [1.165, 1.54) is 0 Å². The van der Waals surface area contributed by atoms with E-state index in [0.29, 0.717) is 43.4 Å². The molecule has 1 aliphatic heterocycles. The van der Waals surface area contributed by atoms with E-state index in [1.807, 2.05) is 12.1 Å². The quantitative estimate of drug-likeness (QED) is 0.664. The number of pyridine rings is 1. The van der Waals surface area contributed by atoms with Crippen molar-refractivity contribution in [1.82, 2.24) is 4.98 Å². The summed E-state index contributed by atoms with van der Waals surface area (Å²) in [5, 5.41) is 12.4. The van der Waals surface area contributed by atoms with Crippen LogP contribution in [0.5, 0.6) is 5.75 Å². The number of hydrogen-bond donors (Lipinski definition) is 1. The zero-order chi connectivity index (χ0) is 22.5. The van der Waals surface area contributed by atoms with Gasteiger partial charge in [-0.2, -0.15) is 5.26 Å². The average molecular weight is 435 g/mol. The Balaban J connectivity index is 1.44. The van der Waals surface area contributed by atoms with E-state index >= 15 is 0 Å². The van der Waals surface area contributed by atoms with Gasteiger partial charge in [0, 0.05) is 19.0 Å². The van der Waals surface area contributed by atoms with E-state index in [0.717, 1.165) is 24.0 Å². The van der Waals surface area contributed by atoms with Crippen LogP contribution < -0.4 is 10.1 Å². The summed E-state index contributed by atoms with van der Waals surface area (Å²) in [4.78, 5) is 28.4. The lowest BCUT2D eigenvalue weighted by molar-refractivity contribution is -0.145. The Morgan fingerprint density at radius 3 is 2.72 bits per heavy atom. The third kappa shape index (κ3) is 5.06. The molecule has 1 saturated carbocycles. The molecule has 2 fully saturated rings. The van der Waals surface area contributed by atoms with Gasteiger partial charge in [-0.15, -0.1) is 0 Å². The Kier molecular flexibility index (Phi) is 6.66. The Labute approximate surface area is 186 Å². The highest BCUT2D eigenvalue weighted by Crippen LogP contribution is 2.40. The van der Waals surface area contributed by atoms with Gasteiger partial charge >= 0.3 is 5.97 Å². The van der Waals surface area contributed by atoms with Crippen molar-refractivity contribution in [3.05, 3.63) is 42.1 Å². The number of nitriles is 1. The molecule has 0 spiro atoms. The van der Waals surface area contributed by atoms with Crippen molar-refractivity contribution in [1.29, 1.82) is 5.26 Å². The van der Waals surface area contributed by atoms with Crippen LogP contribution in [0.25, 0.3) is 11.1 Å². The third-order valence-corrected chi connectivity index (χ3v) is 5.62. The van der Waals surface area contributed by atoms with Crippen LogP contribution in [-0.4, -0.2) is 42.8 Å². The number of nitrogens with zero attached hydrogens (tertiary/aromatic N) is 2. The molecule has 1 aromatic carbocycles. The minimum Gasteiger partial charge on any atom is -0.489 e. The van der Waals surface area contributed by atoms with Crippen molar-refractivity contribution >= 4 is 17.7 Å². The molecule has 0 unspecified atom stereocenters. The smallest absolute Gasteiger partial charge is 0.309 e. The third-order valence-electron chi connectivity index (χ3n) is 5.62. The van der Waals surface area contributed by atoms with Gasteiger partial charge in [0.15, 0.2) is 0 Å². The van der Waals surface area contributed by atoms with Crippen LogP contribution in [0.4, 0.5) is 5.82 Å². The van der Waals surface area contributed by atoms with Gasteiger partial charge in [-0.3, -0.25) is 9.59 Å². The van der Waals surface area contributed by atoms with Gasteiger partial charge in [0.05, 0.1) is 37.2 Å². The summed E-state index contributed by atoms with van der Waals surface area (Å²) in [6, 6.07) is 11.2. The molecule has 2 heterocycles. The van der Waals surface area contributed by atoms with Gasteiger partial charge in [0.25, 0.3) is 0 Å². The predicted octanol–water partition coefficient (Wildman–Crippen LogP) is 3.32. The summed E-state index contributed by atoms with van der Waals surface area (Å²) in [6.07, 6.45) is 3.74.